The Morgan fingerprint density at radius 1 is 1.13 bits per heavy atom. The van der Waals surface area contributed by atoms with Crippen molar-refractivity contribution in [3.05, 3.63) is 62.6 Å². The van der Waals surface area contributed by atoms with E-state index in [-0.39, 0.29) is 17.3 Å². The molecule has 5 rings (SSSR count). The summed E-state index contributed by atoms with van der Waals surface area (Å²) >= 11 is 0. The number of fused-ring (bicyclic) bond motifs is 1. The van der Waals surface area contributed by atoms with E-state index in [1.807, 2.05) is 17.0 Å². The molecule has 7 heteroatoms. The number of nitrogens with zero attached hydrogens (tertiary/aromatic N) is 2. The van der Waals surface area contributed by atoms with Gasteiger partial charge >= 0.3 is 0 Å². The van der Waals surface area contributed by atoms with E-state index in [1.165, 1.54) is 5.56 Å². The zero-order valence-electron chi connectivity index (χ0n) is 17.2. The Kier molecular flexibility index (Phi) is 4.90. The number of ketones is 1. The molecule has 2 N–H and O–H groups in total. The summed E-state index contributed by atoms with van der Waals surface area (Å²) in [5.74, 6) is 0.861. The smallest absolute Gasteiger partial charge is 0.258 e. The fraction of sp³-hybridized carbons (Fsp3) is 0.435. The Morgan fingerprint density at radius 3 is 2.63 bits per heavy atom. The molecule has 7 nitrogen and oxygen atoms in total. The summed E-state index contributed by atoms with van der Waals surface area (Å²) in [7, 11) is 0. The van der Waals surface area contributed by atoms with E-state index in [0.717, 1.165) is 36.1 Å². The summed E-state index contributed by atoms with van der Waals surface area (Å²) in [6.07, 6.45) is 3.09. The van der Waals surface area contributed by atoms with Gasteiger partial charge in [-0.25, -0.2) is 0 Å². The number of benzene rings is 1. The first-order valence-corrected chi connectivity index (χ1v) is 10.7. The number of aryl methyl sites for hydroxylation is 1. The van der Waals surface area contributed by atoms with Gasteiger partial charge in [-0.1, -0.05) is 31.2 Å². The molecule has 1 aromatic heterocycles. The van der Waals surface area contributed by atoms with E-state index in [4.69, 9.17) is 9.72 Å². The van der Waals surface area contributed by atoms with Crippen molar-refractivity contribution in [1.82, 2.24) is 9.97 Å². The van der Waals surface area contributed by atoms with E-state index in [1.54, 1.807) is 0 Å². The fourth-order valence-corrected chi connectivity index (χ4v) is 4.65. The van der Waals surface area contributed by atoms with Gasteiger partial charge in [0.05, 0.1) is 18.8 Å². The highest BCUT2D eigenvalue weighted by atomic mass is 16.5. The van der Waals surface area contributed by atoms with Gasteiger partial charge in [0.1, 0.15) is 5.82 Å². The number of carbonyl (C=O) groups excluding carboxylic acids is 1. The highest BCUT2D eigenvalue weighted by Crippen LogP contribution is 2.43. The normalized spacial score (nSPS) is 21.2. The van der Waals surface area contributed by atoms with Crippen LogP contribution in [0.5, 0.6) is 0 Å². The van der Waals surface area contributed by atoms with Gasteiger partial charge in [-0.3, -0.25) is 14.6 Å². The molecule has 0 spiro atoms. The molecule has 3 aliphatic rings. The van der Waals surface area contributed by atoms with Gasteiger partial charge in [-0.05, 0) is 30.4 Å². The first-order valence-electron chi connectivity index (χ1n) is 10.7. The molecule has 0 unspecified atom stereocenters. The van der Waals surface area contributed by atoms with Crippen LogP contribution in [0.25, 0.3) is 0 Å². The van der Waals surface area contributed by atoms with Gasteiger partial charge in [-0.15, -0.1) is 0 Å². The monoisotopic (exact) mass is 406 g/mol. The molecule has 1 saturated heterocycles. The van der Waals surface area contributed by atoms with Crippen LogP contribution in [0, 0.1) is 0 Å². The molecule has 1 fully saturated rings. The van der Waals surface area contributed by atoms with Gasteiger partial charge in [0.15, 0.2) is 5.78 Å². The number of H-pyrrole nitrogens is 1. The molecule has 1 atom stereocenters. The van der Waals surface area contributed by atoms with Gasteiger partial charge in [0.2, 0.25) is 5.95 Å². The van der Waals surface area contributed by atoms with Crippen LogP contribution in [0.3, 0.4) is 0 Å². The van der Waals surface area contributed by atoms with Crippen LogP contribution in [-0.2, 0) is 16.0 Å². The Morgan fingerprint density at radius 2 is 1.90 bits per heavy atom. The number of allylic oxidation sites excluding steroid dienone is 2. The van der Waals surface area contributed by atoms with Crippen molar-refractivity contribution in [2.75, 3.05) is 36.5 Å². The topological polar surface area (TPSA) is 87.3 Å². The average Bonchev–Trinajstić information content (AvgIpc) is 2.78. The summed E-state index contributed by atoms with van der Waals surface area (Å²) in [4.78, 5) is 36.0. The van der Waals surface area contributed by atoms with Crippen molar-refractivity contribution in [2.45, 2.75) is 38.5 Å². The maximum atomic E-state index is 13.3. The van der Waals surface area contributed by atoms with Crippen LogP contribution in [0.1, 0.15) is 48.8 Å². The number of anilines is 2. The summed E-state index contributed by atoms with van der Waals surface area (Å²) in [6.45, 7) is 4.73. The molecule has 3 heterocycles. The summed E-state index contributed by atoms with van der Waals surface area (Å²) < 4.78 is 5.42. The van der Waals surface area contributed by atoms with Crippen LogP contribution in [0.4, 0.5) is 11.8 Å². The minimum absolute atomic E-state index is 0.121. The first kappa shape index (κ1) is 19.1. The van der Waals surface area contributed by atoms with Gasteiger partial charge in [-0.2, -0.15) is 4.98 Å². The Labute approximate surface area is 175 Å². The van der Waals surface area contributed by atoms with Gasteiger partial charge in [0, 0.05) is 36.7 Å². The third-order valence-corrected chi connectivity index (χ3v) is 6.28. The molecule has 0 saturated carbocycles. The van der Waals surface area contributed by atoms with Crippen LogP contribution in [0.2, 0.25) is 0 Å². The summed E-state index contributed by atoms with van der Waals surface area (Å²) in [5.41, 5.74) is 4.17. The molecule has 1 aromatic carbocycles. The lowest BCUT2D eigenvalue weighted by Crippen LogP contribution is -2.40. The predicted octanol–water partition coefficient (Wildman–Crippen LogP) is 2.73. The number of Topliss-reactive ketones (excluding diaryl/α,β-unsaturated/α-hetero) is 1. The number of nitrogens with one attached hydrogen (secondary N) is 2. The van der Waals surface area contributed by atoms with Crippen LogP contribution >= 0.6 is 0 Å². The third kappa shape index (κ3) is 3.23. The second-order valence-electron chi connectivity index (χ2n) is 8.07. The number of carbonyl (C=O) groups is 1. The summed E-state index contributed by atoms with van der Waals surface area (Å²) in [5, 5.41) is 3.34. The largest absolute Gasteiger partial charge is 0.378 e. The first-order chi connectivity index (χ1) is 14.7. The predicted molar refractivity (Wildman–Crippen MR) is 115 cm³/mol. The number of morpholine rings is 1. The maximum absolute atomic E-state index is 13.3. The number of rotatable bonds is 3. The van der Waals surface area contributed by atoms with Crippen molar-refractivity contribution in [1.29, 1.82) is 0 Å². The van der Waals surface area contributed by atoms with Crippen molar-refractivity contribution < 1.29 is 9.53 Å². The van der Waals surface area contributed by atoms with E-state index in [2.05, 4.69) is 29.4 Å². The highest BCUT2D eigenvalue weighted by molar-refractivity contribution is 6.00. The van der Waals surface area contributed by atoms with Gasteiger partial charge in [0.25, 0.3) is 5.56 Å². The third-order valence-electron chi connectivity index (χ3n) is 6.28. The fourth-order valence-electron chi connectivity index (χ4n) is 4.65. The molecule has 0 bridgehead atoms. The number of hydrogen-bond donors (Lipinski definition) is 2. The second-order valence-corrected chi connectivity index (χ2v) is 8.07. The van der Waals surface area contributed by atoms with E-state index in [9.17, 15) is 9.59 Å². The molecular weight excluding hydrogens is 380 g/mol. The quantitative estimate of drug-likeness (QED) is 0.815. The SMILES string of the molecule is CCc1ccc([C@H]2C3=C(CCCC3=O)Nc3nc(N4CCOCC4)[nH]c(=O)c32)cc1. The molecule has 156 valence electrons. The Bertz CT molecular complexity index is 1060. The van der Waals surface area contributed by atoms with Crippen LogP contribution in [0.15, 0.2) is 40.3 Å². The van der Waals surface area contributed by atoms with Crippen molar-refractivity contribution in [2.24, 2.45) is 0 Å². The van der Waals surface area contributed by atoms with Crippen molar-refractivity contribution >= 4 is 17.5 Å². The lowest BCUT2D eigenvalue weighted by molar-refractivity contribution is -0.116. The van der Waals surface area contributed by atoms with Crippen LogP contribution < -0.4 is 15.8 Å². The zero-order chi connectivity index (χ0) is 20.7. The van der Waals surface area contributed by atoms with Gasteiger partial charge < -0.3 is 15.0 Å². The van der Waals surface area contributed by atoms with E-state index in [0.29, 0.717) is 50.1 Å². The summed E-state index contributed by atoms with van der Waals surface area (Å²) in [6, 6.07) is 8.24. The minimum atomic E-state index is -0.384. The second kappa shape index (κ2) is 7.72. The average molecular weight is 406 g/mol. The molecular formula is C23H26N4O3. The molecule has 2 aliphatic heterocycles. The number of aromatic amines is 1. The molecule has 0 amide bonds. The highest BCUT2D eigenvalue weighted by Gasteiger charge is 2.38. The number of aromatic nitrogens is 2. The standard InChI is InChI=1S/C23H26N4O3/c1-2-14-6-8-15(9-7-14)18-19-16(4-3-5-17(19)28)24-21-20(18)22(29)26-23(25-21)27-10-12-30-13-11-27/h6-9,18H,2-5,10-13H2,1H3,(H2,24,25,26,29)/t18-/m0/s1. The molecule has 2 aromatic rings. The van der Waals surface area contributed by atoms with E-state index >= 15 is 0 Å². The minimum Gasteiger partial charge on any atom is -0.378 e. The van der Waals surface area contributed by atoms with Crippen LogP contribution in [-0.4, -0.2) is 42.1 Å². The molecule has 0 radical (unpaired) electrons. The lowest BCUT2D eigenvalue weighted by atomic mass is 9.76. The maximum Gasteiger partial charge on any atom is 0.258 e. The van der Waals surface area contributed by atoms with E-state index < -0.39 is 0 Å². The Balaban J connectivity index is 1.65. The zero-order valence-corrected chi connectivity index (χ0v) is 17.2. The molecule has 1 aliphatic carbocycles. The Hall–Kier alpha value is -2.93. The van der Waals surface area contributed by atoms with Crippen molar-refractivity contribution in [3.63, 3.8) is 0 Å². The lowest BCUT2D eigenvalue weighted by Gasteiger charge is -2.34. The molecule has 30 heavy (non-hydrogen) atoms. The number of ether oxygens (including phenoxy) is 1. The number of hydrogen-bond acceptors (Lipinski definition) is 6. The van der Waals surface area contributed by atoms with Crippen molar-refractivity contribution in [3.8, 4) is 0 Å².